The molecule has 1 saturated carbocycles. The van der Waals surface area contributed by atoms with Gasteiger partial charge in [-0.05, 0) is 19.8 Å². The van der Waals surface area contributed by atoms with Gasteiger partial charge in [0.25, 0.3) is 0 Å². The van der Waals surface area contributed by atoms with Crippen LogP contribution in [-0.2, 0) is 19.0 Å². The van der Waals surface area contributed by atoms with Gasteiger partial charge in [0.1, 0.15) is 0 Å². The number of rotatable bonds is 3. The summed E-state index contributed by atoms with van der Waals surface area (Å²) in [7, 11) is 0. The maximum Gasteiger partial charge on any atom is 0.309 e. The van der Waals surface area contributed by atoms with Crippen LogP contribution in [0.1, 0.15) is 26.2 Å². The van der Waals surface area contributed by atoms with E-state index in [1.165, 1.54) is 0 Å². The van der Waals surface area contributed by atoms with Gasteiger partial charge >= 0.3 is 5.97 Å². The number of hydrogen-bond acceptors (Lipinski definition) is 4. The molecule has 2 fully saturated rings. The predicted octanol–water partition coefficient (Wildman–Crippen LogP) is 1.34. The Morgan fingerprint density at radius 2 is 2.07 bits per heavy atom. The first-order chi connectivity index (χ1) is 7.33. The largest absolute Gasteiger partial charge is 0.466 e. The van der Waals surface area contributed by atoms with E-state index < -0.39 is 0 Å². The van der Waals surface area contributed by atoms with E-state index in [9.17, 15) is 4.79 Å². The Bertz CT molecular complexity index is 223. The van der Waals surface area contributed by atoms with E-state index in [1.54, 1.807) is 0 Å². The first-order valence-electron chi connectivity index (χ1n) is 5.72. The second-order valence-corrected chi connectivity index (χ2v) is 4.06. The molecule has 4 nitrogen and oxygen atoms in total. The lowest BCUT2D eigenvalue weighted by molar-refractivity contribution is -0.156. The van der Waals surface area contributed by atoms with Crippen molar-refractivity contribution in [2.24, 2.45) is 11.8 Å². The fourth-order valence-corrected chi connectivity index (χ4v) is 2.48. The monoisotopic (exact) mass is 214 g/mol. The normalized spacial score (nSPS) is 32.1. The minimum absolute atomic E-state index is 0.0203. The predicted molar refractivity (Wildman–Crippen MR) is 53.2 cm³/mol. The third-order valence-corrected chi connectivity index (χ3v) is 3.16. The highest BCUT2D eigenvalue weighted by Gasteiger charge is 2.41. The quantitative estimate of drug-likeness (QED) is 0.665. The van der Waals surface area contributed by atoms with E-state index in [4.69, 9.17) is 14.2 Å². The van der Waals surface area contributed by atoms with Crippen LogP contribution in [0.2, 0.25) is 0 Å². The van der Waals surface area contributed by atoms with E-state index in [0.717, 1.165) is 19.3 Å². The summed E-state index contributed by atoms with van der Waals surface area (Å²) in [5.41, 5.74) is 0. The molecule has 86 valence electrons. The van der Waals surface area contributed by atoms with Gasteiger partial charge in [0, 0.05) is 5.92 Å². The van der Waals surface area contributed by atoms with Crippen molar-refractivity contribution < 1.29 is 19.0 Å². The van der Waals surface area contributed by atoms with Crippen molar-refractivity contribution in [1.82, 2.24) is 0 Å². The van der Waals surface area contributed by atoms with Crippen LogP contribution in [0.3, 0.4) is 0 Å². The van der Waals surface area contributed by atoms with E-state index in [-0.39, 0.29) is 24.1 Å². The van der Waals surface area contributed by atoms with Gasteiger partial charge in [-0.15, -0.1) is 0 Å². The summed E-state index contributed by atoms with van der Waals surface area (Å²) in [6.45, 7) is 3.59. The molecule has 1 aliphatic carbocycles. The molecule has 1 saturated heterocycles. The molecule has 1 aliphatic heterocycles. The molecule has 15 heavy (non-hydrogen) atoms. The average Bonchev–Trinajstić information content (AvgIpc) is 2.88. The van der Waals surface area contributed by atoms with Crippen molar-refractivity contribution in [3.63, 3.8) is 0 Å². The molecule has 0 aromatic rings. The summed E-state index contributed by atoms with van der Waals surface area (Å²) in [6, 6.07) is 0. The first kappa shape index (κ1) is 10.9. The number of hydrogen-bond donors (Lipinski definition) is 0. The Labute approximate surface area is 89.9 Å². The molecular formula is C11H18O4. The highest BCUT2D eigenvalue weighted by atomic mass is 16.7. The molecule has 2 rings (SSSR count). The molecule has 1 heterocycles. The van der Waals surface area contributed by atoms with Crippen LogP contribution in [0.4, 0.5) is 0 Å². The van der Waals surface area contributed by atoms with Crippen LogP contribution < -0.4 is 0 Å². The minimum atomic E-state index is -0.179. The summed E-state index contributed by atoms with van der Waals surface area (Å²) >= 11 is 0. The van der Waals surface area contributed by atoms with Gasteiger partial charge in [0.05, 0.1) is 25.7 Å². The zero-order valence-corrected chi connectivity index (χ0v) is 9.11. The lowest BCUT2D eigenvalue weighted by Crippen LogP contribution is -2.30. The summed E-state index contributed by atoms with van der Waals surface area (Å²) < 4.78 is 16.0. The van der Waals surface area contributed by atoms with Crippen molar-refractivity contribution in [2.75, 3.05) is 19.8 Å². The second kappa shape index (κ2) is 4.94. The first-order valence-corrected chi connectivity index (χ1v) is 5.72. The molecule has 2 atom stereocenters. The molecule has 0 amide bonds. The molecule has 0 spiro atoms. The van der Waals surface area contributed by atoms with Gasteiger partial charge in [0.15, 0.2) is 6.29 Å². The Morgan fingerprint density at radius 1 is 1.33 bits per heavy atom. The van der Waals surface area contributed by atoms with Gasteiger partial charge < -0.3 is 14.2 Å². The van der Waals surface area contributed by atoms with Gasteiger partial charge in [-0.3, -0.25) is 4.79 Å². The summed E-state index contributed by atoms with van der Waals surface area (Å²) in [5, 5.41) is 0. The Balaban J connectivity index is 1.94. The van der Waals surface area contributed by atoms with Gasteiger partial charge in [-0.1, -0.05) is 6.42 Å². The average molecular weight is 214 g/mol. The molecule has 2 unspecified atom stereocenters. The highest BCUT2D eigenvalue weighted by Crippen LogP contribution is 2.37. The van der Waals surface area contributed by atoms with Crippen LogP contribution in [0, 0.1) is 11.8 Å². The topological polar surface area (TPSA) is 44.8 Å². The Morgan fingerprint density at radius 3 is 2.73 bits per heavy atom. The zero-order valence-electron chi connectivity index (χ0n) is 9.11. The van der Waals surface area contributed by atoms with Crippen LogP contribution in [0.5, 0.6) is 0 Å². The lowest BCUT2D eigenvalue weighted by Gasteiger charge is -2.22. The molecule has 4 heteroatoms. The van der Waals surface area contributed by atoms with E-state index in [1.807, 2.05) is 6.92 Å². The Kier molecular flexibility index (Phi) is 3.59. The summed E-state index contributed by atoms with van der Waals surface area (Å²) in [6.07, 6.45) is 2.81. The zero-order chi connectivity index (χ0) is 10.7. The highest BCUT2D eigenvalue weighted by molar-refractivity contribution is 5.73. The molecule has 0 radical (unpaired) electrons. The minimum Gasteiger partial charge on any atom is -0.466 e. The van der Waals surface area contributed by atoms with Crippen LogP contribution in [-0.4, -0.2) is 32.1 Å². The van der Waals surface area contributed by atoms with Crippen molar-refractivity contribution in [3.05, 3.63) is 0 Å². The van der Waals surface area contributed by atoms with Crippen LogP contribution in [0.15, 0.2) is 0 Å². The van der Waals surface area contributed by atoms with Gasteiger partial charge in [0.2, 0.25) is 0 Å². The molecule has 2 aliphatic rings. The Hall–Kier alpha value is -0.610. The van der Waals surface area contributed by atoms with Crippen LogP contribution in [0.25, 0.3) is 0 Å². The number of carbonyl (C=O) groups excluding carboxylic acids is 1. The number of carbonyl (C=O) groups is 1. The number of ether oxygens (including phenoxy) is 3. The lowest BCUT2D eigenvalue weighted by atomic mass is 9.95. The van der Waals surface area contributed by atoms with E-state index in [2.05, 4.69) is 0 Å². The van der Waals surface area contributed by atoms with Gasteiger partial charge in [-0.25, -0.2) is 0 Å². The van der Waals surface area contributed by atoms with Gasteiger partial charge in [-0.2, -0.15) is 0 Å². The maximum absolute atomic E-state index is 11.7. The summed E-state index contributed by atoms with van der Waals surface area (Å²) in [4.78, 5) is 11.7. The van der Waals surface area contributed by atoms with Crippen molar-refractivity contribution in [2.45, 2.75) is 32.5 Å². The van der Waals surface area contributed by atoms with Crippen molar-refractivity contribution >= 4 is 5.97 Å². The fourth-order valence-electron chi connectivity index (χ4n) is 2.48. The molecule has 0 bridgehead atoms. The van der Waals surface area contributed by atoms with Crippen molar-refractivity contribution in [1.29, 1.82) is 0 Å². The maximum atomic E-state index is 11.7. The van der Waals surface area contributed by atoms with E-state index in [0.29, 0.717) is 19.8 Å². The standard InChI is InChI=1S/C11H18O4/c1-2-13-10(12)8-4-3-5-9(8)11-14-6-7-15-11/h8-9,11H,2-7H2,1H3. The molecule has 0 aromatic heterocycles. The SMILES string of the molecule is CCOC(=O)C1CCCC1C1OCCO1. The summed E-state index contributed by atoms with van der Waals surface area (Å²) in [5.74, 6) is 0.0960. The number of esters is 1. The fraction of sp³-hybridized carbons (Fsp3) is 0.909. The third-order valence-electron chi connectivity index (χ3n) is 3.16. The molecule has 0 aromatic carbocycles. The third kappa shape index (κ3) is 2.32. The molecule has 0 N–H and O–H groups in total. The van der Waals surface area contributed by atoms with E-state index >= 15 is 0 Å². The van der Waals surface area contributed by atoms with Crippen molar-refractivity contribution in [3.8, 4) is 0 Å². The molecular weight excluding hydrogens is 196 g/mol. The van der Waals surface area contributed by atoms with Crippen LogP contribution >= 0.6 is 0 Å². The second-order valence-electron chi connectivity index (χ2n) is 4.06. The smallest absolute Gasteiger partial charge is 0.309 e.